The van der Waals surface area contributed by atoms with Crippen LogP contribution in [0.15, 0.2) is 18.2 Å². The molecule has 2 aliphatic heterocycles. The Balaban J connectivity index is 1.84. The smallest absolute Gasteiger partial charge is 0.123 e. The summed E-state index contributed by atoms with van der Waals surface area (Å²) in [5, 5.41) is 7.03. The Bertz CT molecular complexity index is 453. The zero-order valence-electron chi connectivity index (χ0n) is 9.09. The van der Waals surface area contributed by atoms with Gasteiger partial charge in [0.25, 0.3) is 0 Å². The van der Waals surface area contributed by atoms with E-state index in [-0.39, 0.29) is 5.82 Å². The maximum absolute atomic E-state index is 13.3. The number of hydrogen-bond acceptors (Lipinski definition) is 2. The second-order valence-corrected chi connectivity index (χ2v) is 5.45. The van der Waals surface area contributed by atoms with E-state index in [0.29, 0.717) is 17.4 Å². The van der Waals surface area contributed by atoms with Crippen molar-refractivity contribution in [1.82, 2.24) is 5.32 Å². The number of fused-ring (bicyclic) bond motifs is 4. The molecule has 1 saturated heterocycles. The van der Waals surface area contributed by atoms with Crippen LogP contribution < -0.4 is 10.6 Å². The molecule has 1 saturated carbocycles. The van der Waals surface area contributed by atoms with E-state index in [2.05, 4.69) is 10.6 Å². The van der Waals surface area contributed by atoms with Crippen LogP contribution in [0.25, 0.3) is 0 Å². The van der Waals surface area contributed by atoms with Crippen LogP contribution in [0, 0.1) is 11.2 Å². The van der Waals surface area contributed by atoms with Crippen LogP contribution in [0.1, 0.15) is 24.3 Å². The Morgan fingerprint density at radius 1 is 1.31 bits per heavy atom. The van der Waals surface area contributed by atoms with Crippen molar-refractivity contribution in [2.45, 2.75) is 24.8 Å². The predicted molar refractivity (Wildman–Crippen MR) is 61.1 cm³/mol. The molecule has 2 fully saturated rings. The van der Waals surface area contributed by atoms with Crippen LogP contribution in [0.5, 0.6) is 0 Å². The minimum Gasteiger partial charge on any atom is -0.380 e. The maximum atomic E-state index is 13.3. The predicted octanol–water partition coefficient (Wildman–Crippen LogP) is 2.09. The summed E-state index contributed by atoms with van der Waals surface area (Å²) in [7, 11) is 0. The molecule has 1 aliphatic carbocycles. The number of anilines is 1. The highest BCUT2D eigenvalue weighted by molar-refractivity contribution is 5.61. The van der Waals surface area contributed by atoms with Gasteiger partial charge in [-0.25, -0.2) is 4.39 Å². The summed E-state index contributed by atoms with van der Waals surface area (Å²) in [4.78, 5) is 0. The van der Waals surface area contributed by atoms with E-state index in [1.54, 1.807) is 12.1 Å². The largest absolute Gasteiger partial charge is 0.380 e. The van der Waals surface area contributed by atoms with Gasteiger partial charge in [-0.05, 0) is 42.0 Å². The molecular formula is C13H15FN2. The number of piperidine rings is 1. The summed E-state index contributed by atoms with van der Waals surface area (Å²) >= 11 is 0. The Morgan fingerprint density at radius 3 is 3.00 bits per heavy atom. The van der Waals surface area contributed by atoms with Crippen molar-refractivity contribution in [2.75, 3.05) is 18.4 Å². The van der Waals surface area contributed by atoms with Crippen molar-refractivity contribution in [3.63, 3.8) is 0 Å². The van der Waals surface area contributed by atoms with E-state index in [4.69, 9.17) is 0 Å². The van der Waals surface area contributed by atoms with Gasteiger partial charge in [-0.2, -0.15) is 0 Å². The molecule has 2 nitrogen and oxygen atoms in total. The van der Waals surface area contributed by atoms with E-state index in [9.17, 15) is 4.39 Å². The molecule has 16 heavy (non-hydrogen) atoms. The number of halogens is 1. The minimum absolute atomic E-state index is 0.101. The molecule has 1 aromatic carbocycles. The third kappa shape index (κ3) is 1.04. The van der Waals surface area contributed by atoms with E-state index >= 15 is 0 Å². The first-order valence-electron chi connectivity index (χ1n) is 6.05. The first-order valence-corrected chi connectivity index (χ1v) is 6.05. The quantitative estimate of drug-likeness (QED) is 0.696. The molecule has 2 unspecified atom stereocenters. The highest BCUT2D eigenvalue weighted by atomic mass is 19.1. The van der Waals surface area contributed by atoms with Gasteiger partial charge in [-0.15, -0.1) is 0 Å². The highest BCUT2D eigenvalue weighted by Gasteiger charge is 2.56. The Hall–Kier alpha value is -1.09. The van der Waals surface area contributed by atoms with Crippen molar-refractivity contribution in [3.05, 3.63) is 29.6 Å². The van der Waals surface area contributed by atoms with Gasteiger partial charge in [0.2, 0.25) is 0 Å². The van der Waals surface area contributed by atoms with Gasteiger partial charge in [0.15, 0.2) is 0 Å². The van der Waals surface area contributed by atoms with Crippen LogP contribution in [0.3, 0.4) is 0 Å². The van der Waals surface area contributed by atoms with Gasteiger partial charge in [0.1, 0.15) is 5.82 Å². The molecule has 2 N–H and O–H groups in total. The number of hydrogen-bond donors (Lipinski definition) is 2. The molecule has 0 aromatic heterocycles. The lowest BCUT2D eigenvalue weighted by atomic mass is 9.77. The molecule has 0 radical (unpaired) electrons. The summed E-state index contributed by atoms with van der Waals surface area (Å²) in [5.41, 5.74) is 2.78. The fraction of sp³-hybridized carbons (Fsp3) is 0.538. The van der Waals surface area contributed by atoms with E-state index in [1.807, 2.05) is 6.07 Å². The van der Waals surface area contributed by atoms with Crippen molar-refractivity contribution < 1.29 is 4.39 Å². The Labute approximate surface area is 94.2 Å². The monoisotopic (exact) mass is 218 g/mol. The zero-order valence-corrected chi connectivity index (χ0v) is 9.09. The number of rotatable bonds is 0. The van der Waals surface area contributed by atoms with Gasteiger partial charge in [0, 0.05) is 30.7 Å². The van der Waals surface area contributed by atoms with Crippen LogP contribution in [-0.4, -0.2) is 19.1 Å². The zero-order chi connectivity index (χ0) is 10.8. The van der Waals surface area contributed by atoms with Crippen molar-refractivity contribution >= 4 is 5.69 Å². The van der Waals surface area contributed by atoms with Gasteiger partial charge in [-0.3, -0.25) is 0 Å². The molecule has 1 aromatic rings. The van der Waals surface area contributed by atoms with E-state index in [0.717, 1.165) is 18.8 Å². The first kappa shape index (κ1) is 8.99. The number of benzene rings is 1. The fourth-order valence-corrected chi connectivity index (χ4v) is 3.58. The molecule has 4 rings (SSSR count). The third-order valence-electron chi connectivity index (χ3n) is 4.49. The lowest BCUT2D eigenvalue weighted by molar-refractivity contribution is 0.293. The molecule has 1 spiro atoms. The molecule has 84 valence electrons. The summed E-state index contributed by atoms with van der Waals surface area (Å²) in [6.45, 7) is 2.11. The Morgan fingerprint density at radius 2 is 2.19 bits per heavy atom. The van der Waals surface area contributed by atoms with Crippen LogP contribution in [-0.2, 0) is 0 Å². The lowest BCUT2D eigenvalue weighted by Gasteiger charge is -2.35. The van der Waals surface area contributed by atoms with Gasteiger partial charge in [-0.1, -0.05) is 0 Å². The van der Waals surface area contributed by atoms with Crippen molar-refractivity contribution in [3.8, 4) is 0 Å². The minimum atomic E-state index is -0.101. The summed E-state index contributed by atoms with van der Waals surface area (Å²) in [5.74, 6) is 0.426. The average Bonchev–Trinajstić information content (AvgIpc) is 2.92. The van der Waals surface area contributed by atoms with Crippen LogP contribution in [0.2, 0.25) is 0 Å². The van der Waals surface area contributed by atoms with Gasteiger partial charge in [0.05, 0.1) is 0 Å². The average molecular weight is 218 g/mol. The van der Waals surface area contributed by atoms with Crippen molar-refractivity contribution in [1.29, 1.82) is 0 Å². The molecule has 2 heterocycles. The van der Waals surface area contributed by atoms with Crippen LogP contribution >= 0.6 is 0 Å². The van der Waals surface area contributed by atoms with Gasteiger partial charge < -0.3 is 10.6 Å². The van der Waals surface area contributed by atoms with E-state index < -0.39 is 0 Å². The summed E-state index contributed by atoms with van der Waals surface area (Å²) in [6, 6.07) is 5.64. The van der Waals surface area contributed by atoms with Gasteiger partial charge >= 0.3 is 0 Å². The Kier molecular flexibility index (Phi) is 1.56. The second-order valence-electron chi connectivity index (χ2n) is 5.45. The molecule has 3 aliphatic rings. The molecule has 0 amide bonds. The SMILES string of the molecule is Fc1ccc2c(c1)C1C(CNCC13CC3)N2. The maximum Gasteiger partial charge on any atom is 0.123 e. The summed E-state index contributed by atoms with van der Waals surface area (Å²) < 4.78 is 13.3. The topological polar surface area (TPSA) is 24.1 Å². The number of nitrogens with one attached hydrogen (secondary N) is 2. The van der Waals surface area contributed by atoms with Crippen molar-refractivity contribution in [2.24, 2.45) is 5.41 Å². The second kappa shape index (κ2) is 2.77. The first-order chi connectivity index (χ1) is 7.78. The molecular weight excluding hydrogens is 203 g/mol. The molecule has 2 atom stereocenters. The molecule has 0 bridgehead atoms. The van der Waals surface area contributed by atoms with Crippen LogP contribution in [0.4, 0.5) is 10.1 Å². The normalized spacial score (nSPS) is 33.1. The lowest BCUT2D eigenvalue weighted by Crippen LogP contribution is -2.47. The van der Waals surface area contributed by atoms with E-state index in [1.165, 1.54) is 18.4 Å². The standard InChI is InChI=1S/C13H15FN2/c14-8-1-2-10-9(5-8)12-11(16-10)6-15-7-13(12)3-4-13/h1-2,5,11-12,15-16H,3-4,6-7H2. The fourth-order valence-electron chi connectivity index (χ4n) is 3.58. The summed E-state index contributed by atoms with van der Waals surface area (Å²) in [6.07, 6.45) is 2.58. The highest BCUT2D eigenvalue weighted by Crippen LogP contribution is 2.61. The molecule has 3 heteroatoms. The third-order valence-corrected chi connectivity index (χ3v) is 4.49.